The van der Waals surface area contributed by atoms with Crippen molar-refractivity contribution >= 4 is 23.2 Å². The lowest BCUT2D eigenvalue weighted by molar-refractivity contribution is -0.126. The molecule has 0 bridgehead atoms. The van der Waals surface area contributed by atoms with Gasteiger partial charge in [-0.05, 0) is 18.9 Å². The number of carbonyl (C=O) groups excluding carboxylic acids is 2. The molecule has 11 nitrogen and oxygen atoms in total. The molecule has 1 spiro atoms. The van der Waals surface area contributed by atoms with E-state index in [-0.39, 0.29) is 24.4 Å². The normalized spacial score (nSPS) is 26.8. The molecule has 3 aliphatic rings. The third-order valence-corrected chi connectivity index (χ3v) is 7.02. The molecule has 0 saturated carbocycles. The Bertz CT molecular complexity index is 886. The summed E-state index contributed by atoms with van der Waals surface area (Å²) in [6.07, 6.45) is 2.47. The summed E-state index contributed by atoms with van der Waals surface area (Å²) >= 11 is 0. The molecule has 4 rings (SSSR count). The number of amides is 2. The Balaban J connectivity index is 1.46. The predicted molar refractivity (Wildman–Crippen MR) is 121 cm³/mol. The zero-order valence-electron chi connectivity index (χ0n) is 18.7. The number of hydrogen-bond acceptors (Lipinski definition) is 9. The molecular formula is C21H31FN8O3. The Morgan fingerprint density at radius 3 is 2.67 bits per heavy atom. The van der Waals surface area contributed by atoms with E-state index in [1.807, 2.05) is 13.1 Å². The summed E-state index contributed by atoms with van der Waals surface area (Å²) in [5, 5.41) is 11.5. The minimum absolute atomic E-state index is 0.0128. The number of nitrogens with two attached hydrogens (primary N) is 1. The fourth-order valence-corrected chi connectivity index (χ4v) is 5.11. The summed E-state index contributed by atoms with van der Waals surface area (Å²) in [4.78, 5) is 44.5. The van der Waals surface area contributed by atoms with Crippen LogP contribution in [0.1, 0.15) is 19.3 Å². The van der Waals surface area contributed by atoms with Crippen LogP contribution in [0.2, 0.25) is 0 Å². The molecule has 1 aromatic heterocycles. The van der Waals surface area contributed by atoms with Crippen molar-refractivity contribution in [1.82, 2.24) is 20.5 Å². The quantitative estimate of drug-likeness (QED) is 0.432. The van der Waals surface area contributed by atoms with Crippen LogP contribution in [0.15, 0.2) is 23.6 Å². The molecule has 0 aliphatic carbocycles. The summed E-state index contributed by atoms with van der Waals surface area (Å²) in [6, 6.07) is 1.83. The van der Waals surface area contributed by atoms with Gasteiger partial charge in [0.2, 0.25) is 11.8 Å². The number of aromatic nitrogens is 1. The number of nitrogens with zero attached hydrogens (tertiary/aromatic N) is 4. The first-order chi connectivity index (χ1) is 15.8. The first-order valence-corrected chi connectivity index (χ1v) is 11.2. The second-order valence-corrected chi connectivity index (χ2v) is 9.31. The lowest BCUT2D eigenvalue weighted by Crippen LogP contribution is -2.62. The van der Waals surface area contributed by atoms with Gasteiger partial charge in [0.25, 0.3) is 0 Å². The van der Waals surface area contributed by atoms with Gasteiger partial charge >= 0.3 is 0 Å². The van der Waals surface area contributed by atoms with Gasteiger partial charge < -0.3 is 20.9 Å². The highest BCUT2D eigenvalue weighted by Crippen LogP contribution is 2.42. The van der Waals surface area contributed by atoms with E-state index in [4.69, 9.17) is 5.73 Å². The summed E-state index contributed by atoms with van der Waals surface area (Å²) in [5.74, 6) is -1.35. The topological polar surface area (TPSA) is 145 Å². The van der Waals surface area contributed by atoms with E-state index in [9.17, 15) is 18.9 Å². The van der Waals surface area contributed by atoms with Crippen molar-refractivity contribution in [1.29, 1.82) is 0 Å². The van der Waals surface area contributed by atoms with Crippen LogP contribution in [0.4, 0.5) is 15.8 Å². The minimum Gasteiger partial charge on any atom is -0.370 e. The zero-order chi connectivity index (χ0) is 23.6. The number of likely N-dealkylation sites (tertiary alicyclic amines) is 1. The smallest absolute Gasteiger partial charge is 0.234 e. The van der Waals surface area contributed by atoms with Crippen LogP contribution in [0, 0.1) is 16.2 Å². The molecule has 0 radical (unpaired) electrons. The molecule has 3 fully saturated rings. The molecule has 2 unspecified atom stereocenters. The summed E-state index contributed by atoms with van der Waals surface area (Å²) in [5.41, 5.74) is 7.16. The fraction of sp³-hybridized carbons (Fsp3) is 0.667. The van der Waals surface area contributed by atoms with Crippen LogP contribution in [-0.4, -0.2) is 80.0 Å². The monoisotopic (exact) mass is 462 g/mol. The lowest BCUT2D eigenvalue weighted by Gasteiger charge is -2.40. The summed E-state index contributed by atoms with van der Waals surface area (Å²) < 4.78 is 13.5. The average Bonchev–Trinajstić information content (AvgIpc) is 3.08. The zero-order valence-corrected chi connectivity index (χ0v) is 18.7. The van der Waals surface area contributed by atoms with Crippen molar-refractivity contribution < 1.29 is 14.0 Å². The summed E-state index contributed by atoms with van der Waals surface area (Å²) in [7, 11) is 1.85. The average molecular weight is 463 g/mol. The molecule has 3 saturated heterocycles. The van der Waals surface area contributed by atoms with Gasteiger partial charge in [-0.25, -0.2) is 4.39 Å². The van der Waals surface area contributed by atoms with Gasteiger partial charge in [0.1, 0.15) is 12.1 Å². The second kappa shape index (κ2) is 9.65. The van der Waals surface area contributed by atoms with Crippen LogP contribution >= 0.6 is 0 Å². The van der Waals surface area contributed by atoms with Crippen molar-refractivity contribution in [3.63, 3.8) is 0 Å². The highest BCUT2D eigenvalue weighted by atomic mass is 19.1. The van der Waals surface area contributed by atoms with Crippen LogP contribution < -0.4 is 26.6 Å². The first kappa shape index (κ1) is 23.5. The van der Waals surface area contributed by atoms with Crippen LogP contribution in [0.5, 0.6) is 0 Å². The highest BCUT2D eigenvalue weighted by molar-refractivity contribution is 5.96. The third-order valence-electron chi connectivity index (χ3n) is 7.02. The Morgan fingerprint density at radius 1 is 1.36 bits per heavy atom. The molecule has 2 atom stereocenters. The number of nitroso groups, excluding NO2 is 1. The maximum atomic E-state index is 13.5. The molecule has 2 amide bonds. The van der Waals surface area contributed by atoms with E-state index >= 15 is 0 Å². The molecule has 5 N–H and O–H groups in total. The minimum atomic E-state index is -1.31. The number of alkyl halides is 1. The van der Waals surface area contributed by atoms with E-state index in [2.05, 4.69) is 31.0 Å². The third kappa shape index (κ3) is 4.97. The van der Waals surface area contributed by atoms with Crippen molar-refractivity contribution in [3.8, 4) is 0 Å². The lowest BCUT2D eigenvalue weighted by atomic mass is 9.77. The number of pyridine rings is 1. The molecule has 0 aromatic carbocycles. The first-order valence-electron chi connectivity index (χ1n) is 11.2. The van der Waals surface area contributed by atoms with Crippen LogP contribution in [0.3, 0.4) is 0 Å². The second-order valence-electron chi connectivity index (χ2n) is 9.31. The van der Waals surface area contributed by atoms with Crippen molar-refractivity contribution in [2.45, 2.75) is 37.8 Å². The van der Waals surface area contributed by atoms with Gasteiger partial charge in [0.05, 0.1) is 23.7 Å². The van der Waals surface area contributed by atoms with Crippen LogP contribution in [0.25, 0.3) is 0 Å². The number of anilines is 2. The van der Waals surface area contributed by atoms with Crippen molar-refractivity contribution in [3.05, 3.63) is 23.4 Å². The van der Waals surface area contributed by atoms with Gasteiger partial charge in [0.15, 0.2) is 6.17 Å². The van der Waals surface area contributed by atoms with Gasteiger partial charge in [-0.2, -0.15) is 0 Å². The standard InChI is InChI=1S/C21H31FN8O3/c1-29-12-21(8-16(29)31)3-6-30(7-4-21)15-2-5-24-11-14(15)27-20(32)17(18(23)28-33)19-25-9-13(22)10-26-19/h2,5,11,13,17-19,25-26H,3-4,6-10,12,23H2,1H3,(H,27,32). The molecular weight excluding hydrogens is 431 g/mol. The number of nitrogens with one attached hydrogen (secondary N) is 3. The van der Waals surface area contributed by atoms with Crippen LogP contribution in [-0.2, 0) is 9.59 Å². The Hall–Kier alpha value is -2.70. The maximum Gasteiger partial charge on any atom is 0.234 e. The van der Waals surface area contributed by atoms with E-state index < -0.39 is 30.3 Å². The Labute approximate surface area is 191 Å². The fourth-order valence-electron chi connectivity index (χ4n) is 5.11. The van der Waals surface area contributed by atoms with E-state index in [1.54, 1.807) is 17.3 Å². The van der Waals surface area contributed by atoms with E-state index in [0.717, 1.165) is 38.2 Å². The van der Waals surface area contributed by atoms with Gasteiger partial charge in [-0.1, -0.05) is 5.18 Å². The van der Waals surface area contributed by atoms with E-state index in [1.165, 1.54) is 0 Å². The predicted octanol–water partition coefficient (Wildman–Crippen LogP) is -0.00680. The van der Waals surface area contributed by atoms with Crippen molar-refractivity contribution in [2.24, 2.45) is 22.2 Å². The van der Waals surface area contributed by atoms with E-state index in [0.29, 0.717) is 12.1 Å². The molecule has 1 aromatic rings. The Kier molecular flexibility index (Phi) is 6.86. The van der Waals surface area contributed by atoms with Gasteiger partial charge in [-0.15, -0.1) is 4.91 Å². The molecule has 4 heterocycles. The number of carbonyl (C=O) groups is 2. The Morgan fingerprint density at radius 2 is 2.06 bits per heavy atom. The van der Waals surface area contributed by atoms with Gasteiger partial charge in [0, 0.05) is 57.8 Å². The maximum absolute atomic E-state index is 13.5. The van der Waals surface area contributed by atoms with Crippen molar-refractivity contribution in [2.75, 3.05) is 50.0 Å². The SMILES string of the molecule is CN1CC2(CCN(c3ccncc3NC(=O)C(C(N)N=O)C3NCC(F)CN3)CC2)CC1=O. The largest absolute Gasteiger partial charge is 0.370 e. The molecule has 180 valence electrons. The number of rotatable bonds is 6. The molecule has 3 aliphatic heterocycles. The summed E-state index contributed by atoms with van der Waals surface area (Å²) in [6.45, 7) is 2.38. The van der Waals surface area contributed by atoms with Gasteiger partial charge in [-0.3, -0.25) is 25.2 Å². The highest BCUT2D eigenvalue weighted by Gasteiger charge is 2.44. The number of hydrogen-bond donors (Lipinski definition) is 4. The number of halogens is 1. The molecule has 33 heavy (non-hydrogen) atoms. The molecule has 12 heteroatoms. The number of piperidine rings is 1.